The van der Waals surface area contributed by atoms with Crippen molar-refractivity contribution in [3.8, 4) is 5.75 Å². The average molecular weight is 412 g/mol. The summed E-state index contributed by atoms with van der Waals surface area (Å²) in [6.45, 7) is -0.211. The third-order valence-corrected chi connectivity index (χ3v) is 5.41. The quantitative estimate of drug-likeness (QED) is 0.652. The molecule has 3 N–H and O–H groups in total. The second-order valence-electron chi connectivity index (χ2n) is 7.38. The maximum Gasteiger partial charge on any atom is 0.323 e. The number of rotatable bonds is 5. The molecule has 1 saturated heterocycles. The zero-order valence-corrected chi connectivity index (χ0v) is 16.5. The lowest BCUT2D eigenvalue weighted by atomic mass is 9.84. The minimum Gasteiger partial charge on any atom is -0.487 e. The highest BCUT2D eigenvalue weighted by Gasteiger charge is 2.46. The molecule has 4 atom stereocenters. The van der Waals surface area contributed by atoms with Gasteiger partial charge in [0.1, 0.15) is 18.0 Å². The molecule has 158 valence electrons. The first-order valence-electron chi connectivity index (χ1n) is 9.84. The lowest BCUT2D eigenvalue weighted by Crippen LogP contribution is -2.46. The molecule has 4 rings (SSSR count). The third kappa shape index (κ3) is 4.24. The van der Waals surface area contributed by atoms with Gasteiger partial charge in [-0.25, -0.2) is 4.79 Å². The Labute approximate surface area is 174 Å². The lowest BCUT2D eigenvalue weighted by molar-refractivity contribution is -0.156. The summed E-state index contributed by atoms with van der Waals surface area (Å²) in [6.07, 6.45) is -0.578. The number of urea groups is 1. The summed E-state index contributed by atoms with van der Waals surface area (Å²) < 4.78 is 16.6. The van der Waals surface area contributed by atoms with Crippen LogP contribution in [0.5, 0.6) is 5.75 Å². The number of anilines is 2. The molecule has 8 nitrogen and oxygen atoms in total. The van der Waals surface area contributed by atoms with Gasteiger partial charge in [-0.2, -0.15) is 0 Å². The molecule has 0 radical (unpaired) electrons. The van der Waals surface area contributed by atoms with Crippen LogP contribution in [0.25, 0.3) is 0 Å². The Hall–Kier alpha value is -3.10. The zero-order valence-electron chi connectivity index (χ0n) is 16.5. The molecule has 0 aliphatic carbocycles. The predicted octanol–water partition coefficient (Wildman–Crippen LogP) is 2.89. The van der Waals surface area contributed by atoms with E-state index in [0.29, 0.717) is 23.5 Å². The van der Waals surface area contributed by atoms with Crippen molar-refractivity contribution in [3.63, 3.8) is 0 Å². The van der Waals surface area contributed by atoms with Crippen LogP contribution >= 0.6 is 0 Å². The summed E-state index contributed by atoms with van der Waals surface area (Å²) in [5, 5.41) is 15.4. The van der Waals surface area contributed by atoms with Crippen LogP contribution in [-0.2, 0) is 14.3 Å². The average Bonchev–Trinajstić information content (AvgIpc) is 3.11. The fourth-order valence-electron chi connectivity index (χ4n) is 4.05. The van der Waals surface area contributed by atoms with Gasteiger partial charge in [-0.1, -0.05) is 18.2 Å². The fraction of sp³-hybridized carbons (Fsp3) is 0.364. The summed E-state index contributed by atoms with van der Waals surface area (Å²) in [5.41, 5.74) is 2.25. The molecule has 0 aromatic heterocycles. The Morgan fingerprint density at radius 3 is 2.63 bits per heavy atom. The molecule has 8 heteroatoms. The number of carbonyl (C=O) groups is 2. The monoisotopic (exact) mass is 412 g/mol. The molecule has 0 unspecified atom stereocenters. The van der Waals surface area contributed by atoms with Crippen molar-refractivity contribution in [2.45, 2.75) is 37.1 Å². The number of hydrogen-bond donors (Lipinski definition) is 3. The van der Waals surface area contributed by atoms with E-state index in [2.05, 4.69) is 10.6 Å². The van der Waals surface area contributed by atoms with E-state index in [9.17, 15) is 14.7 Å². The summed E-state index contributed by atoms with van der Waals surface area (Å²) in [5.74, 6) is 0.279. The number of fused-ring (bicyclic) bond motifs is 3. The Morgan fingerprint density at radius 1 is 1.13 bits per heavy atom. The molecular weight excluding hydrogens is 388 g/mol. The van der Waals surface area contributed by atoms with Crippen LogP contribution in [0.15, 0.2) is 48.5 Å². The number of aliphatic hydroxyl groups excluding tert-OH is 1. The van der Waals surface area contributed by atoms with Crippen LogP contribution in [0, 0.1) is 0 Å². The highest BCUT2D eigenvalue weighted by atomic mass is 16.6. The van der Waals surface area contributed by atoms with Gasteiger partial charge < -0.3 is 30.0 Å². The molecule has 0 bridgehead atoms. The van der Waals surface area contributed by atoms with Gasteiger partial charge in [0, 0.05) is 22.9 Å². The van der Waals surface area contributed by atoms with Crippen molar-refractivity contribution in [2.75, 3.05) is 24.4 Å². The van der Waals surface area contributed by atoms with Gasteiger partial charge in [-0.05, 0) is 36.8 Å². The maximum absolute atomic E-state index is 12.3. The Kier molecular flexibility index (Phi) is 5.87. The normalized spacial score (nSPS) is 24.2. The van der Waals surface area contributed by atoms with Gasteiger partial charge in [0.2, 0.25) is 0 Å². The van der Waals surface area contributed by atoms with Gasteiger partial charge in [-0.15, -0.1) is 0 Å². The molecule has 2 amide bonds. The number of aliphatic hydroxyl groups is 1. The first-order valence-corrected chi connectivity index (χ1v) is 9.84. The Balaban J connectivity index is 1.49. The molecular formula is C22H24N2O6. The number of methoxy groups -OCH3 is 1. The smallest absolute Gasteiger partial charge is 0.323 e. The van der Waals surface area contributed by atoms with Crippen molar-refractivity contribution in [1.82, 2.24) is 0 Å². The summed E-state index contributed by atoms with van der Waals surface area (Å²) in [7, 11) is 1.34. The first-order chi connectivity index (χ1) is 14.6. The molecule has 1 fully saturated rings. The number of amides is 2. The van der Waals surface area contributed by atoms with Crippen LogP contribution in [0.3, 0.4) is 0 Å². The van der Waals surface area contributed by atoms with E-state index >= 15 is 0 Å². The fourth-order valence-corrected chi connectivity index (χ4v) is 4.05. The SMILES string of the molecule is COC(=O)C[C@H]1C[C@H]2c3cc(NC(=O)Nc4ccccc4)ccc3O[C@H]2[C@@H](CO)O1. The largest absolute Gasteiger partial charge is 0.487 e. The number of para-hydroxylation sites is 1. The molecule has 2 heterocycles. The van der Waals surface area contributed by atoms with Crippen LogP contribution in [0.4, 0.5) is 16.2 Å². The Bertz CT molecular complexity index is 919. The van der Waals surface area contributed by atoms with Crippen LogP contribution < -0.4 is 15.4 Å². The summed E-state index contributed by atoms with van der Waals surface area (Å²) >= 11 is 0. The number of carbonyl (C=O) groups excluding carboxylic acids is 2. The first kappa shape index (κ1) is 20.2. The minimum absolute atomic E-state index is 0.0560. The van der Waals surface area contributed by atoms with Gasteiger partial charge in [0.25, 0.3) is 0 Å². The molecule has 0 saturated carbocycles. The van der Waals surface area contributed by atoms with Crippen LogP contribution in [0.1, 0.15) is 24.3 Å². The van der Waals surface area contributed by atoms with Crippen molar-refractivity contribution in [2.24, 2.45) is 0 Å². The number of nitrogens with one attached hydrogen (secondary N) is 2. The van der Waals surface area contributed by atoms with Gasteiger partial charge in [0.15, 0.2) is 0 Å². The second kappa shape index (κ2) is 8.73. The van der Waals surface area contributed by atoms with E-state index in [0.717, 1.165) is 5.56 Å². The van der Waals surface area contributed by atoms with E-state index < -0.39 is 6.10 Å². The van der Waals surface area contributed by atoms with Crippen molar-refractivity contribution in [1.29, 1.82) is 0 Å². The highest BCUT2D eigenvalue weighted by molar-refractivity contribution is 5.99. The topological polar surface area (TPSA) is 106 Å². The van der Waals surface area contributed by atoms with Gasteiger partial charge in [-0.3, -0.25) is 4.79 Å². The van der Waals surface area contributed by atoms with E-state index in [1.807, 2.05) is 24.3 Å². The standard InChI is InChI=1S/C22H24N2O6/c1-28-20(26)11-15-10-17-16-9-14(24-22(27)23-13-5-3-2-4-6-13)7-8-18(16)30-21(17)19(12-25)29-15/h2-9,15,17,19,21,25H,10-12H2,1H3,(H2,23,24,27)/t15-,17+,19-,21-/m1/s1. The van der Waals surface area contributed by atoms with Crippen LogP contribution in [-0.4, -0.2) is 49.1 Å². The predicted molar refractivity (Wildman–Crippen MR) is 110 cm³/mol. The molecule has 2 aliphatic rings. The van der Waals surface area contributed by atoms with Crippen molar-refractivity contribution < 1.29 is 28.9 Å². The van der Waals surface area contributed by atoms with Gasteiger partial charge >= 0.3 is 12.0 Å². The van der Waals surface area contributed by atoms with E-state index in [4.69, 9.17) is 14.2 Å². The lowest BCUT2D eigenvalue weighted by Gasteiger charge is -2.36. The Morgan fingerprint density at radius 2 is 1.90 bits per heavy atom. The van der Waals surface area contributed by atoms with Crippen LogP contribution in [0.2, 0.25) is 0 Å². The second-order valence-corrected chi connectivity index (χ2v) is 7.38. The molecule has 2 aromatic rings. The zero-order chi connectivity index (χ0) is 21.1. The summed E-state index contributed by atoms with van der Waals surface area (Å²) in [4.78, 5) is 24.0. The number of benzene rings is 2. The molecule has 2 aliphatic heterocycles. The highest BCUT2D eigenvalue weighted by Crippen LogP contribution is 2.47. The molecule has 30 heavy (non-hydrogen) atoms. The maximum atomic E-state index is 12.3. The number of esters is 1. The molecule has 2 aromatic carbocycles. The third-order valence-electron chi connectivity index (χ3n) is 5.41. The van der Waals surface area contributed by atoms with Gasteiger partial charge in [0.05, 0.1) is 26.2 Å². The van der Waals surface area contributed by atoms with E-state index in [-0.39, 0.29) is 43.2 Å². The number of ether oxygens (including phenoxy) is 3. The minimum atomic E-state index is -0.538. The van der Waals surface area contributed by atoms with Crippen molar-refractivity contribution >= 4 is 23.4 Å². The number of hydrogen-bond acceptors (Lipinski definition) is 6. The van der Waals surface area contributed by atoms with Crippen molar-refractivity contribution in [3.05, 3.63) is 54.1 Å². The van der Waals surface area contributed by atoms with E-state index in [1.165, 1.54) is 7.11 Å². The summed E-state index contributed by atoms with van der Waals surface area (Å²) in [6, 6.07) is 14.3. The molecule has 0 spiro atoms. The van der Waals surface area contributed by atoms with E-state index in [1.54, 1.807) is 24.3 Å².